The minimum Gasteiger partial charge on any atom is -0.480 e. The highest BCUT2D eigenvalue weighted by atomic mass is 16.5. The number of carbonyl (C=O) groups excluding carboxylic acids is 1. The zero-order chi connectivity index (χ0) is 22.8. The van der Waals surface area contributed by atoms with Crippen molar-refractivity contribution in [3.63, 3.8) is 0 Å². The van der Waals surface area contributed by atoms with E-state index in [1.807, 2.05) is 57.5 Å². The standard InChI is InChI=1S/C25H28N2O4/c1-6-25(2,16-27(3,4)5)22(23(28)29)26-24(30)31-15-21-19-13-9-7-11-17(19)18-12-8-10-14-20(18)21/h1,7-14,21-22H,15-16H2,2-5H3,(H-,26,28,29,30)/p+1/t22-,25-/m1/s1. The number of alkyl carbamates (subject to hydrolysis) is 1. The van der Waals surface area contributed by atoms with Crippen LogP contribution in [0.1, 0.15) is 24.0 Å². The lowest BCUT2D eigenvalue weighted by atomic mass is 9.82. The summed E-state index contributed by atoms with van der Waals surface area (Å²) in [6.45, 7) is 2.14. The summed E-state index contributed by atoms with van der Waals surface area (Å²) >= 11 is 0. The number of hydrogen-bond acceptors (Lipinski definition) is 3. The van der Waals surface area contributed by atoms with Crippen LogP contribution in [-0.4, -0.2) is 62.0 Å². The Morgan fingerprint density at radius 2 is 1.65 bits per heavy atom. The molecule has 0 unspecified atom stereocenters. The zero-order valence-corrected chi connectivity index (χ0v) is 18.4. The average Bonchev–Trinajstić information content (AvgIpc) is 3.03. The third-order valence-electron chi connectivity index (χ3n) is 5.62. The number of rotatable bonds is 7. The van der Waals surface area contributed by atoms with Gasteiger partial charge in [-0.2, -0.15) is 0 Å². The lowest BCUT2D eigenvalue weighted by Crippen LogP contribution is -2.57. The number of ether oxygens (including phenoxy) is 1. The van der Waals surface area contributed by atoms with Gasteiger partial charge >= 0.3 is 12.1 Å². The third kappa shape index (κ3) is 4.73. The number of carbonyl (C=O) groups is 2. The Hall–Kier alpha value is -3.30. The summed E-state index contributed by atoms with van der Waals surface area (Å²) in [5, 5.41) is 12.2. The van der Waals surface area contributed by atoms with Crippen molar-refractivity contribution >= 4 is 12.1 Å². The van der Waals surface area contributed by atoms with Crippen LogP contribution < -0.4 is 5.32 Å². The number of amides is 1. The number of nitrogens with one attached hydrogen (secondary N) is 1. The minimum atomic E-state index is -1.27. The van der Waals surface area contributed by atoms with Crippen LogP contribution in [0.3, 0.4) is 0 Å². The molecular weight excluding hydrogens is 392 g/mol. The molecule has 0 aliphatic heterocycles. The maximum Gasteiger partial charge on any atom is 0.407 e. The normalized spacial score (nSPS) is 15.7. The van der Waals surface area contributed by atoms with E-state index < -0.39 is 23.5 Å². The summed E-state index contributed by atoms with van der Waals surface area (Å²) in [5.74, 6) is 1.28. The molecule has 0 bridgehead atoms. The molecule has 6 heteroatoms. The van der Waals surface area contributed by atoms with E-state index in [0.29, 0.717) is 11.0 Å². The van der Waals surface area contributed by atoms with Crippen LogP contribution in [0.25, 0.3) is 11.1 Å². The number of terminal acetylenes is 1. The molecule has 3 rings (SSSR count). The molecule has 0 saturated heterocycles. The minimum absolute atomic E-state index is 0.105. The molecule has 1 aliphatic carbocycles. The highest BCUT2D eigenvalue weighted by Gasteiger charge is 2.43. The molecule has 0 spiro atoms. The predicted molar refractivity (Wildman–Crippen MR) is 119 cm³/mol. The van der Waals surface area contributed by atoms with Crippen molar-refractivity contribution in [1.29, 1.82) is 0 Å². The molecule has 0 fully saturated rings. The van der Waals surface area contributed by atoms with Crippen LogP contribution in [0.2, 0.25) is 0 Å². The Morgan fingerprint density at radius 3 is 2.10 bits per heavy atom. The fourth-order valence-corrected chi connectivity index (χ4v) is 4.46. The van der Waals surface area contributed by atoms with Crippen LogP contribution in [-0.2, 0) is 9.53 Å². The van der Waals surface area contributed by atoms with E-state index in [1.165, 1.54) is 0 Å². The summed E-state index contributed by atoms with van der Waals surface area (Å²) in [6.07, 6.45) is 4.90. The second-order valence-corrected chi connectivity index (χ2v) is 9.25. The molecule has 162 valence electrons. The molecular formula is C25H29N2O4+. The molecule has 6 nitrogen and oxygen atoms in total. The second kappa shape index (κ2) is 8.44. The fourth-order valence-electron chi connectivity index (χ4n) is 4.46. The molecule has 0 aromatic heterocycles. The van der Waals surface area contributed by atoms with Crippen molar-refractivity contribution in [2.75, 3.05) is 34.3 Å². The topological polar surface area (TPSA) is 75.6 Å². The maximum absolute atomic E-state index is 12.6. The number of fused-ring (bicyclic) bond motifs is 3. The molecule has 0 heterocycles. The average molecular weight is 422 g/mol. The largest absolute Gasteiger partial charge is 0.480 e. The van der Waals surface area contributed by atoms with Crippen molar-refractivity contribution in [1.82, 2.24) is 5.32 Å². The van der Waals surface area contributed by atoms with Gasteiger partial charge in [-0.15, -0.1) is 6.42 Å². The summed E-state index contributed by atoms with van der Waals surface area (Å²) < 4.78 is 5.96. The van der Waals surface area contributed by atoms with Gasteiger partial charge in [0.15, 0.2) is 6.04 Å². The van der Waals surface area contributed by atoms with Gasteiger partial charge in [0.1, 0.15) is 12.0 Å². The molecule has 2 atom stereocenters. The summed E-state index contributed by atoms with van der Waals surface area (Å²) in [4.78, 5) is 24.5. The Morgan fingerprint density at radius 1 is 1.13 bits per heavy atom. The Balaban J connectivity index is 1.75. The second-order valence-electron chi connectivity index (χ2n) is 9.25. The first-order valence-corrected chi connectivity index (χ1v) is 10.2. The number of quaternary nitrogens is 1. The SMILES string of the molecule is C#C[C@](C)(C[N+](C)(C)C)[C@H](NC(=O)OCC1c2ccccc2-c2ccccc21)C(=O)O. The van der Waals surface area contributed by atoms with Crippen LogP contribution in [0.5, 0.6) is 0 Å². The number of carboxylic acid groups (broad SMARTS) is 1. The van der Waals surface area contributed by atoms with Gasteiger partial charge in [-0.25, -0.2) is 9.59 Å². The van der Waals surface area contributed by atoms with Gasteiger partial charge in [-0.1, -0.05) is 54.5 Å². The van der Waals surface area contributed by atoms with Gasteiger partial charge in [0.2, 0.25) is 0 Å². The molecule has 0 radical (unpaired) electrons. The van der Waals surface area contributed by atoms with E-state index in [1.54, 1.807) is 6.92 Å². The lowest BCUT2D eigenvalue weighted by Gasteiger charge is -2.36. The smallest absolute Gasteiger partial charge is 0.407 e. The highest BCUT2D eigenvalue weighted by Crippen LogP contribution is 2.44. The number of carboxylic acids is 1. The van der Waals surface area contributed by atoms with Gasteiger partial charge in [0.05, 0.1) is 27.7 Å². The Kier molecular flexibility index (Phi) is 6.10. The molecule has 2 N–H and O–H groups in total. The van der Waals surface area contributed by atoms with E-state index in [2.05, 4.69) is 23.4 Å². The Bertz CT molecular complexity index is 989. The summed E-state index contributed by atoms with van der Waals surface area (Å²) in [5.41, 5.74) is 3.33. The van der Waals surface area contributed by atoms with Crippen LogP contribution in [0.15, 0.2) is 48.5 Å². The monoisotopic (exact) mass is 421 g/mol. The van der Waals surface area contributed by atoms with E-state index in [-0.39, 0.29) is 12.5 Å². The number of aliphatic carboxylic acids is 1. The number of hydrogen-bond donors (Lipinski definition) is 2. The van der Waals surface area contributed by atoms with Gasteiger partial charge in [-0.05, 0) is 29.2 Å². The summed E-state index contributed by atoms with van der Waals surface area (Å²) in [6, 6.07) is 14.8. The van der Waals surface area contributed by atoms with Crippen LogP contribution in [0.4, 0.5) is 4.79 Å². The predicted octanol–water partition coefficient (Wildman–Crippen LogP) is 3.32. The van der Waals surface area contributed by atoms with Gasteiger partial charge in [0, 0.05) is 5.92 Å². The van der Waals surface area contributed by atoms with Gasteiger partial charge < -0.3 is 19.6 Å². The zero-order valence-electron chi connectivity index (χ0n) is 18.4. The van der Waals surface area contributed by atoms with E-state index >= 15 is 0 Å². The lowest BCUT2D eigenvalue weighted by molar-refractivity contribution is -0.876. The van der Waals surface area contributed by atoms with Crippen molar-refractivity contribution in [3.05, 3.63) is 59.7 Å². The quantitative estimate of drug-likeness (QED) is 0.531. The first kappa shape index (κ1) is 22.4. The highest BCUT2D eigenvalue weighted by molar-refractivity contribution is 5.82. The van der Waals surface area contributed by atoms with Crippen molar-refractivity contribution < 1.29 is 23.9 Å². The molecule has 1 aliphatic rings. The van der Waals surface area contributed by atoms with Crippen molar-refractivity contribution in [3.8, 4) is 23.5 Å². The first-order valence-electron chi connectivity index (χ1n) is 10.2. The first-order chi connectivity index (χ1) is 14.6. The van der Waals surface area contributed by atoms with Crippen molar-refractivity contribution in [2.45, 2.75) is 18.9 Å². The van der Waals surface area contributed by atoms with Crippen LogP contribution in [0, 0.1) is 17.8 Å². The van der Waals surface area contributed by atoms with Gasteiger partial charge in [-0.3, -0.25) is 0 Å². The van der Waals surface area contributed by atoms with E-state index in [9.17, 15) is 14.7 Å². The fraction of sp³-hybridized carbons (Fsp3) is 0.360. The maximum atomic E-state index is 12.6. The number of nitrogens with zero attached hydrogens (tertiary/aromatic N) is 1. The molecule has 2 aromatic rings. The molecule has 0 saturated carbocycles. The molecule has 1 amide bonds. The molecule has 31 heavy (non-hydrogen) atoms. The third-order valence-corrected chi connectivity index (χ3v) is 5.62. The summed E-state index contributed by atoms with van der Waals surface area (Å²) in [7, 11) is 5.76. The van der Waals surface area contributed by atoms with E-state index in [4.69, 9.17) is 11.2 Å². The number of benzene rings is 2. The van der Waals surface area contributed by atoms with Crippen LogP contribution >= 0.6 is 0 Å². The molecule has 2 aromatic carbocycles. The Labute approximate surface area is 183 Å². The van der Waals surface area contributed by atoms with E-state index in [0.717, 1.165) is 22.3 Å². The van der Waals surface area contributed by atoms with Crippen molar-refractivity contribution in [2.24, 2.45) is 5.41 Å². The van der Waals surface area contributed by atoms with Gasteiger partial charge in [0.25, 0.3) is 0 Å².